The monoisotopic (exact) mass is 233 g/mol. The molecule has 17 heavy (non-hydrogen) atoms. The highest BCUT2D eigenvalue weighted by Gasteiger charge is 2.06. The molecule has 0 fully saturated rings. The van der Waals surface area contributed by atoms with Gasteiger partial charge in [0.1, 0.15) is 0 Å². The minimum Gasteiger partial charge on any atom is -0.504 e. The van der Waals surface area contributed by atoms with E-state index in [9.17, 15) is 5.11 Å². The Morgan fingerprint density at radius 1 is 1.41 bits per heavy atom. The van der Waals surface area contributed by atoms with Crippen molar-refractivity contribution in [3.05, 3.63) is 41.7 Å². The number of hydrogen-bond donors (Lipinski definition) is 3. The highest BCUT2D eigenvalue weighted by Crippen LogP contribution is 2.29. The van der Waals surface area contributed by atoms with Crippen molar-refractivity contribution in [2.24, 2.45) is 0 Å². The molecule has 0 spiro atoms. The lowest BCUT2D eigenvalue weighted by Crippen LogP contribution is -2.12. The highest BCUT2D eigenvalue weighted by atomic mass is 16.5. The molecule has 2 aromatic rings. The lowest BCUT2D eigenvalue weighted by molar-refractivity contribution is 0.369. The third-order valence-electron chi connectivity index (χ3n) is 2.50. The van der Waals surface area contributed by atoms with Crippen LogP contribution >= 0.6 is 0 Å². The molecule has 2 rings (SSSR count). The Balaban J connectivity index is 1.95. The Morgan fingerprint density at radius 3 is 3.00 bits per heavy atom. The molecule has 0 amide bonds. The van der Waals surface area contributed by atoms with Gasteiger partial charge in [0.2, 0.25) is 0 Å². The first-order valence-electron chi connectivity index (χ1n) is 5.34. The standard InChI is InChI=1S/C12H15N3O2/c1-17-11-4-2-3-10(12(11)16)8-13-5-9-6-14-15-7-9/h2-4,6-7,13,16H,5,8H2,1H3,(H,14,15). The Kier molecular flexibility index (Phi) is 3.62. The smallest absolute Gasteiger partial charge is 0.162 e. The van der Waals surface area contributed by atoms with Crippen LogP contribution in [0.4, 0.5) is 0 Å². The van der Waals surface area contributed by atoms with E-state index in [0.717, 1.165) is 11.1 Å². The van der Waals surface area contributed by atoms with Gasteiger partial charge >= 0.3 is 0 Å². The Hall–Kier alpha value is -2.01. The maximum absolute atomic E-state index is 9.86. The third kappa shape index (κ3) is 2.76. The number of aromatic nitrogens is 2. The Bertz CT molecular complexity index is 469. The summed E-state index contributed by atoms with van der Waals surface area (Å²) in [6.07, 6.45) is 3.59. The van der Waals surface area contributed by atoms with E-state index in [1.165, 1.54) is 7.11 Å². The lowest BCUT2D eigenvalue weighted by Gasteiger charge is -2.09. The minimum absolute atomic E-state index is 0.190. The van der Waals surface area contributed by atoms with Crippen LogP contribution in [0.1, 0.15) is 11.1 Å². The van der Waals surface area contributed by atoms with Gasteiger partial charge in [-0.2, -0.15) is 5.10 Å². The molecule has 90 valence electrons. The van der Waals surface area contributed by atoms with Gasteiger partial charge in [0.15, 0.2) is 11.5 Å². The van der Waals surface area contributed by atoms with Crippen molar-refractivity contribution < 1.29 is 9.84 Å². The summed E-state index contributed by atoms with van der Waals surface area (Å²) in [5.41, 5.74) is 1.89. The minimum atomic E-state index is 0.190. The van der Waals surface area contributed by atoms with E-state index in [1.807, 2.05) is 18.3 Å². The van der Waals surface area contributed by atoms with E-state index >= 15 is 0 Å². The highest BCUT2D eigenvalue weighted by molar-refractivity contribution is 5.45. The van der Waals surface area contributed by atoms with Gasteiger partial charge in [-0.1, -0.05) is 12.1 Å². The van der Waals surface area contributed by atoms with Gasteiger partial charge in [0.05, 0.1) is 13.3 Å². The predicted molar refractivity (Wildman–Crippen MR) is 63.8 cm³/mol. The van der Waals surface area contributed by atoms with Crippen molar-refractivity contribution in [3.8, 4) is 11.5 Å². The molecule has 0 saturated heterocycles. The number of H-pyrrole nitrogens is 1. The van der Waals surface area contributed by atoms with Crippen molar-refractivity contribution in [2.45, 2.75) is 13.1 Å². The summed E-state index contributed by atoms with van der Waals surface area (Å²) < 4.78 is 5.05. The van der Waals surface area contributed by atoms with Gasteiger partial charge in [0, 0.05) is 30.4 Å². The van der Waals surface area contributed by atoms with E-state index in [4.69, 9.17) is 4.74 Å². The fourth-order valence-corrected chi connectivity index (χ4v) is 1.59. The number of hydrogen-bond acceptors (Lipinski definition) is 4. The van der Waals surface area contributed by atoms with Gasteiger partial charge in [-0.25, -0.2) is 0 Å². The summed E-state index contributed by atoms with van der Waals surface area (Å²) in [5.74, 6) is 0.683. The molecule has 0 radical (unpaired) electrons. The summed E-state index contributed by atoms with van der Waals surface area (Å²) in [7, 11) is 1.54. The molecule has 1 aromatic carbocycles. The number of ether oxygens (including phenoxy) is 1. The Morgan fingerprint density at radius 2 is 2.29 bits per heavy atom. The molecule has 0 aliphatic carbocycles. The van der Waals surface area contributed by atoms with Crippen LogP contribution in [0, 0.1) is 0 Å². The summed E-state index contributed by atoms with van der Waals surface area (Å²) in [6, 6.07) is 5.45. The second-order valence-corrected chi connectivity index (χ2v) is 3.68. The van der Waals surface area contributed by atoms with Crippen molar-refractivity contribution in [2.75, 3.05) is 7.11 Å². The maximum atomic E-state index is 9.86. The summed E-state index contributed by atoms with van der Waals surface area (Å²) >= 11 is 0. The first kappa shape index (κ1) is 11.5. The summed E-state index contributed by atoms with van der Waals surface area (Å²) in [6.45, 7) is 1.28. The normalized spacial score (nSPS) is 10.4. The fraction of sp³-hybridized carbons (Fsp3) is 0.250. The van der Waals surface area contributed by atoms with Crippen molar-refractivity contribution >= 4 is 0 Å². The molecule has 1 heterocycles. The average molecular weight is 233 g/mol. The molecule has 3 N–H and O–H groups in total. The SMILES string of the molecule is COc1cccc(CNCc2cn[nH]c2)c1O. The number of aromatic hydroxyl groups is 1. The average Bonchev–Trinajstić information content (AvgIpc) is 2.84. The molecule has 0 aliphatic heterocycles. The molecule has 0 aliphatic rings. The second-order valence-electron chi connectivity index (χ2n) is 3.68. The van der Waals surface area contributed by atoms with Crippen molar-refractivity contribution in [1.29, 1.82) is 0 Å². The number of para-hydroxylation sites is 1. The van der Waals surface area contributed by atoms with Crippen LogP contribution in [0.3, 0.4) is 0 Å². The molecular formula is C12H15N3O2. The second kappa shape index (κ2) is 5.36. The van der Waals surface area contributed by atoms with Gasteiger partial charge in [0.25, 0.3) is 0 Å². The van der Waals surface area contributed by atoms with Crippen molar-refractivity contribution in [1.82, 2.24) is 15.5 Å². The number of rotatable bonds is 5. The largest absolute Gasteiger partial charge is 0.504 e. The molecule has 5 heteroatoms. The number of phenolic OH excluding ortho intramolecular Hbond substituents is 1. The first-order chi connectivity index (χ1) is 8.31. The zero-order chi connectivity index (χ0) is 12.1. The van der Waals surface area contributed by atoms with Crippen molar-refractivity contribution in [3.63, 3.8) is 0 Å². The quantitative estimate of drug-likeness (QED) is 0.730. The summed E-state index contributed by atoms with van der Waals surface area (Å²) in [5, 5.41) is 19.7. The Labute approximate surface area is 99.4 Å². The lowest BCUT2D eigenvalue weighted by atomic mass is 10.2. The number of methoxy groups -OCH3 is 1. The number of phenols is 1. The molecule has 0 unspecified atom stereocenters. The molecule has 0 atom stereocenters. The zero-order valence-electron chi connectivity index (χ0n) is 9.60. The maximum Gasteiger partial charge on any atom is 0.162 e. The number of benzene rings is 1. The molecule has 5 nitrogen and oxygen atoms in total. The van der Waals surface area contributed by atoms with Gasteiger partial charge < -0.3 is 15.2 Å². The van der Waals surface area contributed by atoms with Crippen LogP contribution in [0.2, 0.25) is 0 Å². The van der Waals surface area contributed by atoms with E-state index in [1.54, 1.807) is 12.3 Å². The van der Waals surface area contributed by atoms with Crippen LogP contribution in [0.25, 0.3) is 0 Å². The van der Waals surface area contributed by atoms with Crippen LogP contribution in [0.5, 0.6) is 11.5 Å². The van der Waals surface area contributed by atoms with Crippen LogP contribution in [-0.2, 0) is 13.1 Å². The number of nitrogens with zero attached hydrogens (tertiary/aromatic N) is 1. The number of aromatic amines is 1. The zero-order valence-corrected chi connectivity index (χ0v) is 9.60. The van der Waals surface area contributed by atoms with Crippen LogP contribution < -0.4 is 10.1 Å². The van der Waals surface area contributed by atoms with Crippen LogP contribution in [0.15, 0.2) is 30.6 Å². The molecule has 0 saturated carbocycles. The van der Waals surface area contributed by atoms with E-state index < -0.39 is 0 Å². The fourth-order valence-electron chi connectivity index (χ4n) is 1.59. The van der Waals surface area contributed by atoms with Gasteiger partial charge in [-0.15, -0.1) is 0 Å². The van der Waals surface area contributed by atoms with Gasteiger partial charge in [-0.05, 0) is 6.07 Å². The third-order valence-corrected chi connectivity index (χ3v) is 2.50. The molecule has 0 bridgehead atoms. The van der Waals surface area contributed by atoms with Crippen LogP contribution in [-0.4, -0.2) is 22.4 Å². The van der Waals surface area contributed by atoms with E-state index in [-0.39, 0.29) is 5.75 Å². The number of nitrogens with one attached hydrogen (secondary N) is 2. The molecular weight excluding hydrogens is 218 g/mol. The summed E-state index contributed by atoms with van der Waals surface area (Å²) in [4.78, 5) is 0. The predicted octanol–water partition coefficient (Wildman–Crippen LogP) is 1.41. The van der Waals surface area contributed by atoms with E-state index in [2.05, 4.69) is 15.5 Å². The van der Waals surface area contributed by atoms with Gasteiger partial charge in [-0.3, -0.25) is 5.10 Å². The molecule has 1 aromatic heterocycles. The first-order valence-corrected chi connectivity index (χ1v) is 5.34. The topological polar surface area (TPSA) is 70.2 Å². The van der Waals surface area contributed by atoms with E-state index in [0.29, 0.717) is 18.8 Å².